The van der Waals surface area contributed by atoms with Gasteiger partial charge in [-0.3, -0.25) is 0 Å². The number of nitrogens with one attached hydrogen (secondary N) is 1. The Bertz CT molecular complexity index is 308. The van der Waals surface area contributed by atoms with E-state index >= 15 is 0 Å². The number of nitrogens with zero attached hydrogens (tertiary/aromatic N) is 2. The van der Waals surface area contributed by atoms with Gasteiger partial charge >= 0.3 is 0 Å². The van der Waals surface area contributed by atoms with Gasteiger partial charge < -0.3 is 5.73 Å². The van der Waals surface area contributed by atoms with E-state index in [2.05, 4.69) is 10.4 Å². The lowest BCUT2D eigenvalue weighted by Gasteiger charge is -2.23. The van der Waals surface area contributed by atoms with E-state index in [9.17, 15) is 0 Å². The van der Waals surface area contributed by atoms with Crippen LogP contribution < -0.4 is 11.2 Å². The average molecular weight is 224 g/mol. The Morgan fingerprint density at radius 2 is 2.08 bits per heavy atom. The van der Waals surface area contributed by atoms with Crippen molar-refractivity contribution in [1.29, 1.82) is 0 Å². The van der Waals surface area contributed by atoms with Crippen molar-refractivity contribution < 1.29 is 4.59 Å². The van der Waals surface area contributed by atoms with E-state index in [-0.39, 0.29) is 24.8 Å². The van der Waals surface area contributed by atoms with Gasteiger partial charge in [-0.05, 0) is 6.92 Å². The van der Waals surface area contributed by atoms with Crippen molar-refractivity contribution in [1.82, 2.24) is 5.43 Å². The third kappa shape index (κ3) is 1.41. The van der Waals surface area contributed by atoms with Crippen molar-refractivity contribution >= 4 is 30.6 Å². The summed E-state index contributed by atoms with van der Waals surface area (Å²) in [5.74, 6) is 1.73. The van der Waals surface area contributed by atoms with E-state index in [0.29, 0.717) is 4.59 Å². The minimum absolute atomic E-state index is 0. The molecule has 0 amide bonds. The van der Waals surface area contributed by atoms with Crippen molar-refractivity contribution in [3.8, 4) is 0 Å². The van der Waals surface area contributed by atoms with E-state index in [1.807, 2.05) is 26.2 Å². The maximum atomic E-state index is 5.83. The molecule has 0 aliphatic carbocycles. The SMILES string of the molecule is CC1=C(N)[N+]2(C)NC=CC2=N1.Cl.Cl. The molecule has 0 fully saturated rings. The van der Waals surface area contributed by atoms with Crippen LogP contribution in [-0.4, -0.2) is 17.5 Å². The van der Waals surface area contributed by atoms with Crippen LogP contribution in [0.2, 0.25) is 0 Å². The summed E-state index contributed by atoms with van der Waals surface area (Å²) in [6.07, 6.45) is 3.79. The number of fused-ring (bicyclic) bond motifs is 1. The predicted octanol–water partition coefficient (Wildman–Crippen LogP) is 0.868. The summed E-state index contributed by atoms with van der Waals surface area (Å²) >= 11 is 0. The quantitative estimate of drug-likeness (QED) is 0.600. The molecular weight excluding hydrogens is 211 g/mol. The van der Waals surface area contributed by atoms with Crippen molar-refractivity contribution in [2.45, 2.75) is 6.92 Å². The summed E-state index contributed by atoms with van der Waals surface area (Å²) < 4.78 is 0.436. The Hall–Kier alpha value is -0.710. The summed E-state index contributed by atoms with van der Waals surface area (Å²) in [5, 5.41) is 0. The van der Waals surface area contributed by atoms with Crippen LogP contribution >= 0.6 is 24.8 Å². The molecule has 3 N–H and O–H groups in total. The van der Waals surface area contributed by atoms with Crippen LogP contribution in [0.5, 0.6) is 0 Å². The minimum Gasteiger partial charge on any atom is -0.351 e. The Kier molecular flexibility index (Phi) is 3.38. The molecule has 0 aromatic heterocycles. The van der Waals surface area contributed by atoms with Gasteiger partial charge in [0.25, 0.3) is 11.7 Å². The molecular formula is C7H13Cl2N4+. The van der Waals surface area contributed by atoms with Crippen molar-refractivity contribution in [2.75, 3.05) is 7.05 Å². The lowest BCUT2D eigenvalue weighted by atomic mass is 10.5. The molecule has 2 aliphatic heterocycles. The number of amidine groups is 1. The lowest BCUT2D eigenvalue weighted by Crippen LogP contribution is -2.52. The van der Waals surface area contributed by atoms with Crippen LogP contribution in [0.1, 0.15) is 6.92 Å². The van der Waals surface area contributed by atoms with Gasteiger partial charge in [-0.25, -0.2) is 5.43 Å². The molecule has 0 saturated carbocycles. The minimum atomic E-state index is 0. The number of quaternary nitrogens is 1. The molecule has 1 atom stereocenters. The van der Waals surface area contributed by atoms with Crippen LogP contribution in [0.4, 0.5) is 0 Å². The molecule has 0 aromatic carbocycles. The molecule has 2 aliphatic rings. The highest BCUT2D eigenvalue weighted by atomic mass is 35.5. The summed E-state index contributed by atoms with van der Waals surface area (Å²) in [6, 6.07) is 0. The third-order valence-electron chi connectivity index (χ3n) is 2.16. The highest BCUT2D eigenvalue weighted by Crippen LogP contribution is 2.24. The number of hydrogen-bond acceptors (Lipinski definition) is 3. The first-order chi connectivity index (χ1) is 5.14. The summed E-state index contributed by atoms with van der Waals surface area (Å²) in [7, 11) is 1.98. The Labute approximate surface area is 89.6 Å². The number of hydrogen-bond donors (Lipinski definition) is 2. The summed E-state index contributed by atoms with van der Waals surface area (Å²) in [5.41, 5.74) is 9.85. The molecule has 1 unspecified atom stereocenters. The van der Waals surface area contributed by atoms with Crippen LogP contribution in [0, 0.1) is 0 Å². The monoisotopic (exact) mass is 223 g/mol. The van der Waals surface area contributed by atoms with Crippen LogP contribution in [0.3, 0.4) is 0 Å². The number of aliphatic imine (C=N–C) groups is 1. The fraction of sp³-hybridized carbons (Fsp3) is 0.286. The second kappa shape index (κ2) is 3.57. The van der Waals surface area contributed by atoms with Crippen LogP contribution in [-0.2, 0) is 0 Å². The van der Waals surface area contributed by atoms with Gasteiger partial charge in [0.05, 0.1) is 6.20 Å². The third-order valence-corrected chi connectivity index (χ3v) is 2.16. The van der Waals surface area contributed by atoms with E-state index in [1.165, 1.54) is 0 Å². The molecule has 0 aromatic rings. The molecule has 13 heavy (non-hydrogen) atoms. The standard InChI is InChI=1S/C7H11N4.2ClH/c1-5-7(8)11(2)6(10-5)3-4-9-11;;/h3-4,9H,8H2,1-2H3;2*1H/q+1;;. The number of nitrogens with two attached hydrogens (primary N) is 1. The van der Waals surface area contributed by atoms with E-state index in [0.717, 1.165) is 17.4 Å². The second-order valence-corrected chi connectivity index (χ2v) is 2.91. The van der Waals surface area contributed by atoms with Gasteiger partial charge in [-0.1, -0.05) is 0 Å². The molecule has 4 nitrogen and oxygen atoms in total. The highest BCUT2D eigenvalue weighted by molar-refractivity contribution is 5.91. The fourth-order valence-electron chi connectivity index (χ4n) is 1.36. The molecule has 74 valence electrons. The highest BCUT2D eigenvalue weighted by Gasteiger charge is 2.41. The summed E-state index contributed by atoms with van der Waals surface area (Å²) in [4.78, 5) is 4.30. The van der Waals surface area contributed by atoms with E-state index < -0.39 is 0 Å². The largest absolute Gasteiger partial charge is 0.351 e. The van der Waals surface area contributed by atoms with Crippen LogP contribution in [0.15, 0.2) is 28.8 Å². The number of rotatable bonds is 0. The van der Waals surface area contributed by atoms with E-state index in [4.69, 9.17) is 5.73 Å². The maximum Gasteiger partial charge on any atom is 0.260 e. The van der Waals surface area contributed by atoms with Gasteiger partial charge in [-0.2, -0.15) is 4.99 Å². The topological polar surface area (TPSA) is 50.4 Å². The smallest absolute Gasteiger partial charge is 0.260 e. The number of likely N-dealkylation sites (N-methyl/N-ethyl adjacent to an activating group) is 1. The first kappa shape index (κ1) is 12.3. The van der Waals surface area contributed by atoms with Crippen molar-refractivity contribution in [3.05, 3.63) is 23.8 Å². The first-order valence-corrected chi connectivity index (χ1v) is 3.51. The number of allylic oxidation sites excluding steroid dienone is 1. The van der Waals surface area contributed by atoms with Crippen molar-refractivity contribution in [3.63, 3.8) is 0 Å². The number of halogens is 2. The predicted molar refractivity (Wildman–Crippen MR) is 57.3 cm³/mol. The normalized spacial score (nSPS) is 28.6. The molecule has 6 heteroatoms. The molecule has 2 rings (SSSR count). The zero-order valence-electron chi connectivity index (χ0n) is 7.44. The van der Waals surface area contributed by atoms with Gasteiger partial charge in [0, 0.05) is 6.08 Å². The van der Waals surface area contributed by atoms with Crippen LogP contribution in [0.25, 0.3) is 0 Å². The molecule has 0 bridgehead atoms. The maximum absolute atomic E-state index is 5.83. The van der Waals surface area contributed by atoms with Gasteiger partial charge in [-0.15, -0.1) is 29.4 Å². The molecule has 0 saturated heterocycles. The second-order valence-electron chi connectivity index (χ2n) is 2.91. The van der Waals surface area contributed by atoms with E-state index in [1.54, 1.807) is 0 Å². The lowest BCUT2D eigenvalue weighted by molar-refractivity contribution is -0.816. The molecule has 2 heterocycles. The molecule has 0 radical (unpaired) electrons. The van der Waals surface area contributed by atoms with Gasteiger partial charge in [0.15, 0.2) is 0 Å². The van der Waals surface area contributed by atoms with Crippen molar-refractivity contribution in [2.24, 2.45) is 10.7 Å². The van der Waals surface area contributed by atoms with Gasteiger partial charge in [0.2, 0.25) is 0 Å². The zero-order valence-corrected chi connectivity index (χ0v) is 9.08. The Balaban J connectivity index is 0.000000720. The fourth-order valence-corrected chi connectivity index (χ4v) is 1.36. The Morgan fingerprint density at radius 3 is 2.62 bits per heavy atom. The molecule has 0 spiro atoms. The zero-order chi connectivity index (χ0) is 8.06. The first-order valence-electron chi connectivity index (χ1n) is 3.51. The Morgan fingerprint density at radius 1 is 1.46 bits per heavy atom. The van der Waals surface area contributed by atoms with Gasteiger partial charge in [0.1, 0.15) is 12.7 Å². The summed E-state index contributed by atoms with van der Waals surface area (Å²) in [6.45, 7) is 1.92. The average Bonchev–Trinajstić information content (AvgIpc) is 2.39.